The molecular weight excluding hydrogens is 336 g/mol. The van der Waals surface area contributed by atoms with Gasteiger partial charge in [-0.1, -0.05) is 41.9 Å². The number of aliphatic hydroxyl groups is 1. The maximum absolute atomic E-state index is 12.0. The molecule has 0 aliphatic rings. The number of benzene rings is 2. The average Bonchev–Trinajstić information content (AvgIpc) is 2.46. The normalized spacial score (nSPS) is 13.1. The van der Waals surface area contributed by atoms with Crippen molar-refractivity contribution in [1.82, 2.24) is 4.72 Å². The number of hydrogen-bond donors (Lipinski definition) is 3. The summed E-state index contributed by atoms with van der Waals surface area (Å²) in [6.45, 7) is 3.46. The van der Waals surface area contributed by atoms with Crippen LogP contribution in [0.5, 0.6) is 0 Å². The van der Waals surface area contributed by atoms with Crippen LogP contribution < -0.4 is 9.44 Å². The lowest BCUT2D eigenvalue weighted by Crippen LogP contribution is -2.35. The Morgan fingerprint density at radius 2 is 1.65 bits per heavy atom. The molecule has 0 bridgehead atoms. The van der Waals surface area contributed by atoms with Crippen molar-refractivity contribution in [3.63, 3.8) is 0 Å². The number of nitrogens with one attached hydrogen (secondary N) is 2. The fraction of sp³-hybridized carbons (Fsp3) is 0.250. The molecule has 0 aromatic heterocycles. The van der Waals surface area contributed by atoms with Crippen LogP contribution in [0.2, 0.25) is 5.02 Å². The SMILES string of the molecule is CC(C)NS(=O)(=O)Nc1ccccc1C(O)c1ccc(Cl)cc1. The first-order chi connectivity index (χ1) is 10.8. The van der Waals surface area contributed by atoms with E-state index in [4.69, 9.17) is 11.6 Å². The van der Waals surface area contributed by atoms with Crippen molar-refractivity contribution in [3.05, 3.63) is 64.7 Å². The Morgan fingerprint density at radius 3 is 2.26 bits per heavy atom. The largest absolute Gasteiger partial charge is 0.384 e. The van der Waals surface area contributed by atoms with E-state index in [9.17, 15) is 13.5 Å². The Labute approximate surface area is 141 Å². The van der Waals surface area contributed by atoms with Gasteiger partial charge in [0.1, 0.15) is 6.10 Å². The summed E-state index contributed by atoms with van der Waals surface area (Å²) >= 11 is 5.85. The number of para-hydroxylation sites is 1. The van der Waals surface area contributed by atoms with E-state index in [-0.39, 0.29) is 6.04 Å². The lowest BCUT2D eigenvalue weighted by molar-refractivity contribution is 0.221. The highest BCUT2D eigenvalue weighted by atomic mass is 35.5. The van der Waals surface area contributed by atoms with Gasteiger partial charge in [-0.25, -0.2) is 0 Å². The molecule has 0 heterocycles. The maximum Gasteiger partial charge on any atom is 0.299 e. The average molecular weight is 355 g/mol. The zero-order valence-corrected chi connectivity index (χ0v) is 14.4. The lowest BCUT2D eigenvalue weighted by atomic mass is 10.0. The second-order valence-electron chi connectivity index (χ2n) is 5.42. The van der Waals surface area contributed by atoms with Crippen molar-refractivity contribution in [3.8, 4) is 0 Å². The molecule has 0 saturated carbocycles. The molecule has 3 N–H and O–H groups in total. The fourth-order valence-electron chi connectivity index (χ4n) is 2.14. The van der Waals surface area contributed by atoms with Crippen molar-refractivity contribution in [2.45, 2.75) is 26.0 Å². The Hall–Kier alpha value is -1.60. The Bertz CT molecular complexity index is 761. The Morgan fingerprint density at radius 1 is 1.04 bits per heavy atom. The second-order valence-corrected chi connectivity index (χ2v) is 7.30. The third-order valence-electron chi connectivity index (χ3n) is 3.08. The van der Waals surface area contributed by atoms with Gasteiger partial charge in [0.25, 0.3) is 10.2 Å². The van der Waals surface area contributed by atoms with Gasteiger partial charge in [-0.15, -0.1) is 0 Å². The topological polar surface area (TPSA) is 78.4 Å². The maximum atomic E-state index is 12.0. The van der Waals surface area contributed by atoms with Gasteiger partial charge >= 0.3 is 0 Å². The minimum absolute atomic E-state index is 0.235. The van der Waals surface area contributed by atoms with Crippen LogP contribution in [0, 0.1) is 0 Å². The van der Waals surface area contributed by atoms with E-state index in [1.807, 2.05) is 0 Å². The number of rotatable bonds is 6. The van der Waals surface area contributed by atoms with Gasteiger partial charge in [0.05, 0.1) is 5.69 Å². The molecule has 124 valence electrons. The van der Waals surface area contributed by atoms with Crippen LogP contribution in [0.4, 0.5) is 5.69 Å². The van der Waals surface area contributed by atoms with E-state index in [0.29, 0.717) is 21.8 Å². The molecule has 2 aromatic carbocycles. The lowest BCUT2D eigenvalue weighted by Gasteiger charge is -2.18. The summed E-state index contributed by atoms with van der Waals surface area (Å²) in [5.74, 6) is 0. The van der Waals surface area contributed by atoms with Crippen molar-refractivity contribution >= 4 is 27.5 Å². The molecule has 0 fully saturated rings. The van der Waals surface area contributed by atoms with Gasteiger partial charge < -0.3 is 5.11 Å². The molecular formula is C16H19ClN2O3S. The summed E-state index contributed by atoms with van der Waals surface area (Å²) < 4.78 is 29.0. The Kier molecular flexibility index (Phi) is 5.64. The van der Waals surface area contributed by atoms with Crippen molar-refractivity contribution in [1.29, 1.82) is 0 Å². The van der Waals surface area contributed by atoms with Gasteiger partial charge in [-0.3, -0.25) is 4.72 Å². The van der Waals surface area contributed by atoms with Gasteiger partial charge in [0.2, 0.25) is 0 Å². The van der Waals surface area contributed by atoms with Crippen LogP contribution in [-0.2, 0) is 10.2 Å². The Balaban J connectivity index is 2.32. The van der Waals surface area contributed by atoms with Crippen molar-refractivity contribution in [2.75, 3.05) is 4.72 Å². The van der Waals surface area contributed by atoms with Crippen LogP contribution in [-0.4, -0.2) is 19.6 Å². The monoisotopic (exact) mass is 354 g/mol. The van der Waals surface area contributed by atoms with E-state index in [0.717, 1.165) is 0 Å². The third kappa shape index (κ3) is 4.94. The van der Waals surface area contributed by atoms with Crippen molar-refractivity contribution < 1.29 is 13.5 Å². The summed E-state index contributed by atoms with van der Waals surface area (Å²) in [6.07, 6.45) is -0.967. The zero-order valence-electron chi connectivity index (χ0n) is 12.8. The van der Waals surface area contributed by atoms with Crippen LogP contribution in [0.25, 0.3) is 0 Å². The molecule has 5 nitrogen and oxygen atoms in total. The van der Waals surface area contributed by atoms with E-state index in [1.165, 1.54) is 0 Å². The highest BCUT2D eigenvalue weighted by molar-refractivity contribution is 7.90. The third-order valence-corrected chi connectivity index (χ3v) is 4.60. The minimum Gasteiger partial charge on any atom is -0.384 e. The molecule has 0 saturated heterocycles. The molecule has 0 radical (unpaired) electrons. The first-order valence-electron chi connectivity index (χ1n) is 7.11. The molecule has 0 spiro atoms. The summed E-state index contributed by atoms with van der Waals surface area (Å²) in [7, 11) is -3.71. The standard InChI is InChI=1S/C16H19ClN2O3S/c1-11(2)18-23(21,22)19-15-6-4-3-5-14(15)16(20)12-7-9-13(17)10-8-12/h3-11,16,18-20H,1-2H3. The molecule has 1 atom stereocenters. The summed E-state index contributed by atoms with van der Waals surface area (Å²) in [6, 6.07) is 13.2. The van der Waals surface area contributed by atoms with Crippen LogP contribution >= 0.6 is 11.6 Å². The summed E-state index contributed by atoms with van der Waals surface area (Å²) in [4.78, 5) is 0. The van der Waals surface area contributed by atoms with Gasteiger partial charge in [-0.2, -0.15) is 13.1 Å². The van der Waals surface area contributed by atoms with Gasteiger partial charge in [-0.05, 0) is 37.6 Å². The van der Waals surface area contributed by atoms with E-state index in [2.05, 4.69) is 9.44 Å². The molecule has 2 rings (SSSR count). The van der Waals surface area contributed by atoms with E-state index < -0.39 is 16.3 Å². The molecule has 0 amide bonds. The highest BCUT2D eigenvalue weighted by Crippen LogP contribution is 2.29. The van der Waals surface area contributed by atoms with Gasteiger partial charge in [0, 0.05) is 16.6 Å². The van der Waals surface area contributed by atoms with E-state index in [1.54, 1.807) is 62.4 Å². The number of hydrogen-bond acceptors (Lipinski definition) is 3. The highest BCUT2D eigenvalue weighted by Gasteiger charge is 2.18. The van der Waals surface area contributed by atoms with Crippen LogP contribution in [0.15, 0.2) is 48.5 Å². The number of anilines is 1. The van der Waals surface area contributed by atoms with Crippen LogP contribution in [0.3, 0.4) is 0 Å². The predicted molar refractivity (Wildman–Crippen MR) is 92.8 cm³/mol. The molecule has 0 aliphatic heterocycles. The van der Waals surface area contributed by atoms with Crippen molar-refractivity contribution in [2.24, 2.45) is 0 Å². The number of aliphatic hydroxyl groups excluding tert-OH is 1. The quantitative estimate of drug-likeness (QED) is 0.746. The number of halogens is 1. The van der Waals surface area contributed by atoms with E-state index >= 15 is 0 Å². The summed E-state index contributed by atoms with van der Waals surface area (Å²) in [5, 5.41) is 11.1. The zero-order chi connectivity index (χ0) is 17.0. The fourth-order valence-corrected chi connectivity index (χ4v) is 3.42. The molecule has 1 unspecified atom stereocenters. The first-order valence-corrected chi connectivity index (χ1v) is 8.97. The molecule has 2 aromatic rings. The predicted octanol–water partition coefficient (Wildman–Crippen LogP) is 3.08. The van der Waals surface area contributed by atoms with Crippen LogP contribution in [0.1, 0.15) is 31.1 Å². The summed E-state index contributed by atoms with van der Waals surface area (Å²) in [5.41, 5.74) is 1.41. The molecule has 7 heteroatoms. The first kappa shape index (κ1) is 17.7. The van der Waals surface area contributed by atoms with Gasteiger partial charge in [0.15, 0.2) is 0 Å². The molecule has 23 heavy (non-hydrogen) atoms. The molecule has 0 aliphatic carbocycles. The second kappa shape index (κ2) is 7.31. The minimum atomic E-state index is -3.71. The smallest absolute Gasteiger partial charge is 0.299 e.